The molecule has 0 spiro atoms. The van der Waals surface area contributed by atoms with E-state index in [-0.39, 0.29) is 22.3 Å². The monoisotopic (exact) mass is 419 g/mol. The van der Waals surface area contributed by atoms with Crippen molar-refractivity contribution >= 4 is 10.0 Å². The largest absolute Gasteiger partial charge is 0.463 e. The summed E-state index contributed by atoms with van der Waals surface area (Å²) in [5.41, 5.74) is 0.792. The number of imidazole rings is 1. The molecule has 2 aliphatic rings. The molecule has 2 unspecified atom stereocenters. The first-order valence-corrected chi connectivity index (χ1v) is 11.6. The summed E-state index contributed by atoms with van der Waals surface area (Å²) in [5, 5.41) is 0.140. The lowest BCUT2D eigenvalue weighted by Gasteiger charge is -2.28. The second kappa shape index (κ2) is 7.36. The fourth-order valence-electron chi connectivity index (χ4n) is 4.69. The summed E-state index contributed by atoms with van der Waals surface area (Å²) in [7, 11) is -1.78. The van der Waals surface area contributed by atoms with Crippen LogP contribution in [0.5, 0.6) is 6.01 Å². The van der Waals surface area contributed by atoms with E-state index in [4.69, 9.17) is 4.74 Å². The van der Waals surface area contributed by atoms with Gasteiger partial charge < -0.3 is 9.30 Å². The smallest absolute Gasteiger partial charge is 0.316 e. The van der Waals surface area contributed by atoms with E-state index in [0.717, 1.165) is 30.7 Å². The molecule has 1 saturated carbocycles. The van der Waals surface area contributed by atoms with Crippen LogP contribution in [-0.4, -0.2) is 51.9 Å². The lowest BCUT2D eigenvalue weighted by molar-refractivity contribution is 0.126. The van der Waals surface area contributed by atoms with Crippen LogP contribution in [0.15, 0.2) is 23.6 Å². The maximum atomic E-state index is 13.3. The van der Waals surface area contributed by atoms with Crippen LogP contribution in [-0.2, 0) is 17.1 Å². The molecule has 2 fully saturated rings. The van der Waals surface area contributed by atoms with Crippen LogP contribution in [0.4, 0.5) is 0 Å². The van der Waals surface area contributed by atoms with Gasteiger partial charge in [-0.25, -0.2) is 23.4 Å². The molecule has 1 saturated heterocycles. The molecule has 1 aliphatic heterocycles. The first kappa shape index (κ1) is 20.3. The van der Waals surface area contributed by atoms with Crippen LogP contribution in [0, 0.1) is 18.3 Å². The van der Waals surface area contributed by atoms with E-state index in [1.165, 1.54) is 0 Å². The van der Waals surface area contributed by atoms with Crippen molar-refractivity contribution in [3.8, 4) is 6.01 Å². The van der Waals surface area contributed by atoms with Gasteiger partial charge in [-0.05, 0) is 31.2 Å². The quantitative estimate of drug-likeness (QED) is 0.715. The van der Waals surface area contributed by atoms with Crippen molar-refractivity contribution in [1.82, 2.24) is 23.8 Å². The van der Waals surface area contributed by atoms with Crippen molar-refractivity contribution < 1.29 is 13.2 Å². The Morgan fingerprint density at radius 1 is 1.31 bits per heavy atom. The molecule has 2 aromatic rings. The van der Waals surface area contributed by atoms with Gasteiger partial charge in [-0.1, -0.05) is 20.3 Å². The fraction of sp³-hybridized carbons (Fsp3) is 0.650. The predicted molar refractivity (Wildman–Crippen MR) is 108 cm³/mol. The molecule has 2 aromatic heterocycles. The molecule has 158 valence electrons. The van der Waals surface area contributed by atoms with Gasteiger partial charge in [0.05, 0.1) is 6.61 Å². The van der Waals surface area contributed by atoms with Gasteiger partial charge in [0.2, 0.25) is 0 Å². The molecule has 0 radical (unpaired) electrons. The zero-order chi connectivity index (χ0) is 20.8. The Morgan fingerprint density at radius 3 is 2.69 bits per heavy atom. The minimum absolute atomic E-state index is 0.140. The summed E-state index contributed by atoms with van der Waals surface area (Å²) in [5.74, 6) is 1.23. The third-order valence-corrected chi connectivity index (χ3v) is 7.95. The van der Waals surface area contributed by atoms with Gasteiger partial charge in [0.15, 0.2) is 5.03 Å². The van der Waals surface area contributed by atoms with E-state index in [0.29, 0.717) is 25.7 Å². The molecule has 0 amide bonds. The molecule has 2 atom stereocenters. The SMILES string of the molecule is Cc1cnc(OCC23CCCC2CN(S(=O)(=O)c2cn(C)c(C(C)C)n2)C3)nc1. The highest BCUT2D eigenvalue weighted by Crippen LogP contribution is 2.50. The molecular weight excluding hydrogens is 390 g/mol. The molecule has 0 aromatic carbocycles. The molecule has 1 aliphatic carbocycles. The lowest BCUT2D eigenvalue weighted by atomic mass is 9.82. The maximum absolute atomic E-state index is 13.3. The minimum atomic E-state index is -3.63. The van der Waals surface area contributed by atoms with Crippen molar-refractivity contribution in [3.05, 3.63) is 30.0 Å². The molecule has 3 heterocycles. The molecule has 29 heavy (non-hydrogen) atoms. The van der Waals surface area contributed by atoms with Crippen molar-refractivity contribution in [3.63, 3.8) is 0 Å². The summed E-state index contributed by atoms with van der Waals surface area (Å²) in [6.45, 7) is 7.37. The summed E-state index contributed by atoms with van der Waals surface area (Å²) in [4.78, 5) is 12.9. The van der Waals surface area contributed by atoms with E-state index >= 15 is 0 Å². The summed E-state index contributed by atoms with van der Waals surface area (Å²) < 4.78 is 35.9. The lowest BCUT2D eigenvalue weighted by Crippen LogP contribution is -2.36. The molecular formula is C20H29N5O3S. The second-order valence-corrected chi connectivity index (χ2v) is 10.7. The van der Waals surface area contributed by atoms with Gasteiger partial charge in [0, 0.05) is 50.1 Å². The molecule has 0 N–H and O–H groups in total. The molecule has 4 rings (SSSR count). The maximum Gasteiger partial charge on any atom is 0.316 e. The number of ether oxygens (including phenoxy) is 1. The number of rotatable bonds is 6. The number of aryl methyl sites for hydroxylation is 2. The Morgan fingerprint density at radius 2 is 2.03 bits per heavy atom. The highest BCUT2D eigenvalue weighted by atomic mass is 32.2. The third-order valence-electron chi connectivity index (χ3n) is 6.27. The summed E-state index contributed by atoms with van der Waals surface area (Å²) >= 11 is 0. The first-order valence-electron chi connectivity index (χ1n) is 10.2. The van der Waals surface area contributed by atoms with Crippen LogP contribution in [0.2, 0.25) is 0 Å². The third kappa shape index (κ3) is 3.66. The van der Waals surface area contributed by atoms with E-state index < -0.39 is 10.0 Å². The average molecular weight is 420 g/mol. The molecule has 0 bridgehead atoms. The van der Waals surface area contributed by atoms with Gasteiger partial charge in [-0.3, -0.25) is 0 Å². The van der Waals surface area contributed by atoms with Crippen LogP contribution >= 0.6 is 0 Å². The average Bonchev–Trinajstić information content (AvgIpc) is 3.33. The van der Waals surface area contributed by atoms with Crippen molar-refractivity contribution in [2.45, 2.75) is 51.0 Å². The highest BCUT2D eigenvalue weighted by Gasteiger charge is 2.53. The van der Waals surface area contributed by atoms with Gasteiger partial charge in [0.1, 0.15) is 5.82 Å². The van der Waals surface area contributed by atoms with Crippen molar-refractivity contribution in [2.24, 2.45) is 18.4 Å². The summed E-state index contributed by atoms with van der Waals surface area (Å²) in [6, 6.07) is 0.350. The number of fused-ring (bicyclic) bond motifs is 1. The standard InChI is InChI=1S/C20H29N5O3S/c1-14(2)18-23-17(11-24(18)4)29(26,27)25-10-16-6-5-7-20(16,12-25)13-28-19-21-8-15(3)9-22-19/h8-9,11,14,16H,5-7,10,12-13H2,1-4H3. The van der Waals surface area contributed by atoms with Crippen LogP contribution in [0.1, 0.15) is 50.4 Å². The van der Waals surface area contributed by atoms with Gasteiger partial charge in [-0.2, -0.15) is 4.31 Å². The Balaban J connectivity index is 1.53. The Labute approximate surface area is 172 Å². The Bertz CT molecular complexity index is 986. The van der Waals surface area contributed by atoms with Crippen LogP contribution < -0.4 is 4.74 Å². The van der Waals surface area contributed by atoms with Gasteiger partial charge >= 0.3 is 6.01 Å². The topological polar surface area (TPSA) is 90.2 Å². The fourth-order valence-corrected chi connectivity index (χ4v) is 6.26. The number of hydrogen-bond donors (Lipinski definition) is 0. The van der Waals surface area contributed by atoms with Crippen molar-refractivity contribution in [1.29, 1.82) is 0 Å². The molecule has 8 nitrogen and oxygen atoms in total. The van der Waals surface area contributed by atoms with Gasteiger partial charge in [0.25, 0.3) is 10.0 Å². The number of nitrogens with zero attached hydrogens (tertiary/aromatic N) is 5. The van der Waals surface area contributed by atoms with Crippen molar-refractivity contribution in [2.75, 3.05) is 19.7 Å². The predicted octanol–water partition coefficient (Wildman–Crippen LogP) is 2.51. The normalized spacial score (nSPS) is 24.9. The Kier molecular flexibility index (Phi) is 5.14. The first-order chi connectivity index (χ1) is 13.7. The van der Waals surface area contributed by atoms with Gasteiger partial charge in [-0.15, -0.1) is 0 Å². The zero-order valence-electron chi connectivity index (χ0n) is 17.5. The Hall–Kier alpha value is -2.00. The van der Waals surface area contributed by atoms with E-state index in [1.54, 1.807) is 22.9 Å². The number of hydrogen-bond acceptors (Lipinski definition) is 6. The molecule has 9 heteroatoms. The van der Waals surface area contributed by atoms with E-state index in [9.17, 15) is 8.42 Å². The highest BCUT2D eigenvalue weighted by molar-refractivity contribution is 7.89. The van der Waals surface area contributed by atoms with E-state index in [2.05, 4.69) is 15.0 Å². The van der Waals surface area contributed by atoms with Crippen LogP contribution in [0.3, 0.4) is 0 Å². The summed E-state index contributed by atoms with van der Waals surface area (Å²) in [6.07, 6.45) is 8.15. The number of sulfonamides is 1. The van der Waals surface area contributed by atoms with E-state index in [1.807, 2.05) is 32.4 Å². The second-order valence-electron chi connectivity index (χ2n) is 8.78. The zero-order valence-corrected chi connectivity index (χ0v) is 18.3. The minimum Gasteiger partial charge on any atom is -0.463 e. The van der Waals surface area contributed by atoms with Crippen LogP contribution in [0.25, 0.3) is 0 Å². The number of aromatic nitrogens is 4.